The highest BCUT2D eigenvalue weighted by Crippen LogP contribution is 2.14. The molecule has 0 unspecified atom stereocenters. The third-order valence-corrected chi connectivity index (χ3v) is 4.23. The zero-order chi connectivity index (χ0) is 14.6. The van der Waals surface area contributed by atoms with Gasteiger partial charge in [0.15, 0.2) is 0 Å². The van der Waals surface area contributed by atoms with Gasteiger partial charge in [-0.25, -0.2) is 23.1 Å². The van der Waals surface area contributed by atoms with E-state index in [4.69, 9.17) is 12.2 Å². The summed E-state index contributed by atoms with van der Waals surface area (Å²) in [6.07, 6.45) is 2.92. The van der Waals surface area contributed by atoms with Gasteiger partial charge < -0.3 is 5.32 Å². The van der Waals surface area contributed by atoms with Crippen molar-refractivity contribution in [3.63, 3.8) is 0 Å². The second kappa shape index (κ2) is 5.93. The Morgan fingerprint density at radius 1 is 1.15 bits per heavy atom. The van der Waals surface area contributed by atoms with Crippen LogP contribution in [0.15, 0.2) is 47.6 Å². The fourth-order valence-electron chi connectivity index (χ4n) is 1.46. The Morgan fingerprint density at radius 2 is 1.75 bits per heavy atom. The first kappa shape index (κ1) is 14.4. The maximum absolute atomic E-state index is 12.1. The molecule has 6 nitrogen and oxygen atoms in total. The van der Waals surface area contributed by atoms with Crippen LogP contribution in [0.2, 0.25) is 0 Å². The van der Waals surface area contributed by atoms with Gasteiger partial charge in [0.25, 0.3) is 10.0 Å². The lowest BCUT2D eigenvalue weighted by atomic mass is 10.2. The summed E-state index contributed by atoms with van der Waals surface area (Å²) in [4.78, 5) is 8.30. The van der Waals surface area contributed by atoms with Crippen molar-refractivity contribution >= 4 is 33.2 Å². The summed E-state index contributed by atoms with van der Waals surface area (Å²) in [6, 6.07) is 7.83. The molecule has 1 heterocycles. The van der Waals surface area contributed by atoms with Gasteiger partial charge in [0, 0.05) is 25.0 Å². The van der Waals surface area contributed by atoms with Crippen LogP contribution in [0, 0.1) is 0 Å². The van der Waals surface area contributed by atoms with Gasteiger partial charge >= 0.3 is 0 Å². The van der Waals surface area contributed by atoms with Crippen LogP contribution in [0.4, 0.5) is 5.95 Å². The standard InChI is InChI=1S/C12H12N4O2S2/c1-13-11(19)9-3-5-10(6-4-9)20(17,18)16-12-14-7-2-8-15-12/h2-8H,1H3,(H,13,19)(H,14,15,16). The third-order valence-electron chi connectivity index (χ3n) is 2.45. The Balaban J connectivity index is 2.24. The molecule has 2 aromatic rings. The van der Waals surface area contributed by atoms with E-state index in [2.05, 4.69) is 20.0 Å². The summed E-state index contributed by atoms with van der Waals surface area (Å²) in [6.45, 7) is 0. The summed E-state index contributed by atoms with van der Waals surface area (Å²) in [5, 5.41) is 2.83. The fourth-order valence-corrected chi connectivity index (χ4v) is 2.55. The molecule has 104 valence electrons. The molecule has 0 spiro atoms. The lowest BCUT2D eigenvalue weighted by molar-refractivity contribution is 0.601. The normalized spacial score (nSPS) is 10.8. The Morgan fingerprint density at radius 3 is 2.30 bits per heavy atom. The first-order valence-electron chi connectivity index (χ1n) is 5.65. The average Bonchev–Trinajstić information content (AvgIpc) is 2.47. The molecule has 0 amide bonds. The maximum atomic E-state index is 12.1. The molecule has 0 bridgehead atoms. The zero-order valence-corrected chi connectivity index (χ0v) is 12.2. The number of thiocarbonyl (C=S) groups is 1. The average molecular weight is 308 g/mol. The highest BCUT2D eigenvalue weighted by atomic mass is 32.2. The minimum Gasteiger partial charge on any atom is -0.379 e. The first-order valence-corrected chi connectivity index (χ1v) is 7.54. The molecular formula is C12H12N4O2S2. The van der Waals surface area contributed by atoms with Crippen LogP contribution in [-0.4, -0.2) is 30.4 Å². The van der Waals surface area contributed by atoms with Crippen LogP contribution in [0.5, 0.6) is 0 Å². The molecule has 0 aliphatic carbocycles. The van der Waals surface area contributed by atoms with Gasteiger partial charge in [0.05, 0.1) is 4.90 Å². The van der Waals surface area contributed by atoms with Gasteiger partial charge in [-0.05, 0) is 18.2 Å². The van der Waals surface area contributed by atoms with E-state index < -0.39 is 10.0 Å². The number of hydrogen-bond acceptors (Lipinski definition) is 5. The lowest BCUT2D eigenvalue weighted by Gasteiger charge is -2.07. The van der Waals surface area contributed by atoms with Crippen molar-refractivity contribution in [3.8, 4) is 0 Å². The van der Waals surface area contributed by atoms with Crippen molar-refractivity contribution < 1.29 is 8.42 Å². The molecule has 0 aliphatic rings. The highest BCUT2D eigenvalue weighted by Gasteiger charge is 2.15. The van der Waals surface area contributed by atoms with Gasteiger partial charge in [-0.2, -0.15) is 0 Å². The van der Waals surface area contributed by atoms with Gasteiger partial charge in [-0.1, -0.05) is 24.4 Å². The molecule has 2 N–H and O–H groups in total. The number of hydrogen-bond donors (Lipinski definition) is 2. The molecule has 0 fully saturated rings. The quantitative estimate of drug-likeness (QED) is 0.825. The minimum absolute atomic E-state index is 0.0299. The monoisotopic (exact) mass is 308 g/mol. The number of sulfonamides is 1. The summed E-state index contributed by atoms with van der Waals surface area (Å²) >= 11 is 5.07. The Bertz CT molecular complexity index is 700. The SMILES string of the molecule is CNC(=S)c1ccc(S(=O)(=O)Nc2ncccn2)cc1. The topological polar surface area (TPSA) is 84.0 Å². The van der Waals surface area contributed by atoms with Crippen molar-refractivity contribution in [2.24, 2.45) is 0 Å². The molecule has 8 heteroatoms. The van der Waals surface area contributed by atoms with Gasteiger partial charge in [-0.15, -0.1) is 0 Å². The summed E-state index contributed by atoms with van der Waals surface area (Å²) in [7, 11) is -1.99. The van der Waals surface area contributed by atoms with E-state index >= 15 is 0 Å². The van der Waals surface area contributed by atoms with Crippen molar-refractivity contribution in [2.45, 2.75) is 4.90 Å². The van der Waals surface area contributed by atoms with E-state index in [1.165, 1.54) is 24.5 Å². The van der Waals surface area contributed by atoms with Crippen molar-refractivity contribution in [3.05, 3.63) is 48.3 Å². The number of nitrogens with one attached hydrogen (secondary N) is 2. The first-order chi connectivity index (χ1) is 9.53. The third kappa shape index (κ3) is 3.28. The maximum Gasteiger partial charge on any atom is 0.264 e. The van der Waals surface area contributed by atoms with Gasteiger partial charge in [-0.3, -0.25) is 0 Å². The van der Waals surface area contributed by atoms with Gasteiger partial charge in [0.2, 0.25) is 5.95 Å². The van der Waals surface area contributed by atoms with Crippen molar-refractivity contribution in [1.82, 2.24) is 15.3 Å². The minimum atomic E-state index is -3.70. The van der Waals surface area contributed by atoms with E-state index in [0.29, 0.717) is 4.99 Å². The molecule has 1 aromatic heterocycles. The van der Waals surface area contributed by atoms with E-state index in [-0.39, 0.29) is 10.8 Å². The number of benzene rings is 1. The van der Waals surface area contributed by atoms with E-state index in [0.717, 1.165) is 5.56 Å². The van der Waals surface area contributed by atoms with E-state index in [1.54, 1.807) is 25.2 Å². The van der Waals surface area contributed by atoms with Crippen LogP contribution in [-0.2, 0) is 10.0 Å². The Hall–Kier alpha value is -2.06. The van der Waals surface area contributed by atoms with Crippen LogP contribution in [0.3, 0.4) is 0 Å². The molecular weight excluding hydrogens is 296 g/mol. The number of aromatic nitrogens is 2. The molecule has 20 heavy (non-hydrogen) atoms. The second-order valence-corrected chi connectivity index (χ2v) is 5.87. The Labute approximate surface area is 122 Å². The fraction of sp³-hybridized carbons (Fsp3) is 0.0833. The number of nitrogens with zero attached hydrogens (tertiary/aromatic N) is 2. The van der Waals surface area contributed by atoms with Crippen LogP contribution >= 0.6 is 12.2 Å². The summed E-state index contributed by atoms with van der Waals surface area (Å²) in [5.41, 5.74) is 0.748. The summed E-state index contributed by atoms with van der Waals surface area (Å²) < 4.78 is 26.5. The predicted octanol–water partition coefficient (Wildman–Crippen LogP) is 1.17. The predicted molar refractivity (Wildman–Crippen MR) is 80.0 cm³/mol. The number of rotatable bonds is 4. The molecule has 0 radical (unpaired) electrons. The van der Waals surface area contributed by atoms with Crippen LogP contribution in [0.1, 0.15) is 5.56 Å². The van der Waals surface area contributed by atoms with E-state index in [9.17, 15) is 8.42 Å². The smallest absolute Gasteiger partial charge is 0.264 e. The zero-order valence-electron chi connectivity index (χ0n) is 10.6. The van der Waals surface area contributed by atoms with Crippen molar-refractivity contribution in [1.29, 1.82) is 0 Å². The van der Waals surface area contributed by atoms with Crippen molar-refractivity contribution in [2.75, 3.05) is 11.8 Å². The molecule has 0 aliphatic heterocycles. The van der Waals surface area contributed by atoms with Gasteiger partial charge in [0.1, 0.15) is 4.99 Å². The molecule has 1 aromatic carbocycles. The molecule has 0 atom stereocenters. The molecule has 2 rings (SSSR count). The number of anilines is 1. The Kier molecular flexibility index (Phi) is 4.26. The largest absolute Gasteiger partial charge is 0.379 e. The molecule has 0 saturated carbocycles. The van der Waals surface area contributed by atoms with Crippen LogP contribution in [0.25, 0.3) is 0 Å². The second-order valence-electron chi connectivity index (χ2n) is 3.78. The summed E-state index contributed by atoms with van der Waals surface area (Å²) in [5.74, 6) is 0.0299. The molecule has 0 saturated heterocycles. The lowest BCUT2D eigenvalue weighted by Crippen LogP contribution is -2.17. The van der Waals surface area contributed by atoms with E-state index in [1.807, 2.05) is 0 Å². The van der Waals surface area contributed by atoms with Crippen LogP contribution < -0.4 is 10.0 Å². The highest BCUT2D eigenvalue weighted by molar-refractivity contribution is 7.92.